The van der Waals surface area contributed by atoms with E-state index in [4.69, 9.17) is 4.79 Å². The Morgan fingerprint density at radius 2 is 1.31 bits per heavy atom. The first kappa shape index (κ1) is 15.7. The molecule has 0 atom stereocenters. The Kier molecular flexibility index (Phi) is 14.8. The molecule has 1 aliphatic carbocycles. The molecule has 0 aromatic heterocycles. The van der Waals surface area contributed by atoms with Crippen molar-refractivity contribution in [2.24, 2.45) is 0 Å². The predicted octanol–water partition coefficient (Wildman–Crippen LogP) is 4.25. The zero-order valence-electron chi connectivity index (χ0n) is 7.14. The zero-order chi connectivity index (χ0) is 9.23. The van der Waals surface area contributed by atoms with E-state index in [9.17, 15) is 0 Å². The minimum absolute atomic E-state index is 0. The van der Waals surface area contributed by atoms with Crippen molar-refractivity contribution in [3.05, 3.63) is 24.3 Å². The van der Waals surface area contributed by atoms with Gasteiger partial charge in [0.1, 0.15) is 0 Å². The standard InChI is InChI=1S/C8H12.CCl2O.Co/c1-2-4-6-8-7-5-3-1;2-1(3)4;/h1-4H,5-8H2;;. The molecule has 1 radical (unpaired) electrons. The summed E-state index contributed by atoms with van der Waals surface area (Å²) < 4.78 is -0.889. The number of halogens is 2. The van der Waals surface area contributed by atoms with Gasteiger partial charge >= 0.3 is 4.70 Å². The van der Waals surface area contributed by atoms with Gasteiger partial charge in [-0.2, -0.15) is 0 Å². The van der Waals surface area contributed by atoms with Crippen LogP contribution in [0.5, 0.6) is 0 Å². The number of hydrogen-bond acceptors (Lipinski definition) is 1. The van der Waals surface area contributed by atoms with E-state index in [-0.39, 0.29) is 16.8 Å². The first-order chi connectivity index (χ1) is 5.73. The van der Waals surface area contributed by atoms with Gasteiger partial charge in [-0.25, -0.2) is 0 Å². The first-order valence-electron chi connectivity index (χ1n) is 3.90. The summed E-state index contributed by atoms with van der Waals surface area (Å²) in [7, 11) is 0. The number of rotatable bonds is 0. The normalized spacial score (nSPS) is 14.3. The molecule has 0 unspecified atom stereocenters. The Hall–Kier alpha value is 0.236. The Morgan fingerprint density at radius 3 is 1.62 bits per heavy atom. The minimum Gasteiger partial charge on any atom is -0.262 e. The molecule has 4 heteroatoms. The van der Waals surface area contributed by atoms with Gasteiger partial charge in [0.05, 0.1) is 0 Å². The Bertz CT molecular complexity index is 160. The Morgan fingerprint density at radius 1 is 1.00 bits per heavy atom. The van der Waals surface area contributed by atoms with E-state index in [1.807, 2.05) is 0 Å². The molecule has 0 aromatic rings. The summed E-state index contributed by atoms with van der Waals surface area (Å²) in [6.45, 7) is 0. The van der Waals surface area contributed by atoms with Crippen LogP contribution < -0.4 is 0 Å². The summed E-state index contributed by atoms with van der Waals surface area (Å²) in [5, 5.41) is 0. The van der Waals surface area contributed by atoms with Gasteiger partial charge in [-0.15, -0.1) is 0 Å². The quantitative estimate of drug-likeness (QED) is 0.599. The fraction of sp³-hybridized carbons (Fsp3) is 0.444. The molecule has 1 nitrogen and oxygen atoms in total. The summed E-state index contributed by atoms with van der Waals surface area (Å²) in [4.78, 5) is 8.98. The fourth-order valence-corrected chi connectivity index (χ4v) is 0.874. The van der Waals surface area contributed by atoms with Crippen molar-refractivity contribution in [3.63, 3.8) is 0 Å². The van der Waals surface area contributed by atoms with Gasteiger partial charge in [-0.3, -0.25) is 4.79 Å². The number of hydrogen-bond donors (Lipinski definition) is 0. The maximum Gasteiger partial charge on any atom is 0.313 e. The van der Waals surface area contributed by atoms with E-state index in [0.717, 1.165) is 0 Å². The maximum absolute atomic E-state index is 8.98. The third-order valence-electron chi connectivity index (χ3n) is 1.37. The van der Waals surface area contributed by atoms with Crippen LogP contribution in [0.1, 0.15) is 25.7 Å². The molecule has 1 aliphatic rings. The molecule has 0 N–H and O–H groups in total. The molecule has 0 saturated carbocycles. The van der Waals surface area contributed by atoms with E-state index in [1.165, 1.54) is 25.7 Å². The van der Waals surface area contributed by atoms with Gasteiger partial charge in [0.2, 0.25) is 0 Å². The van der Waals surface area contributed by atoms with Crippen LogP contribution in [0.2, 0.25) is 0 Å². The molecule has 1 rings (SSSR count). The van der Waals surface area contributed by atoms with Crippen LogP contribution in [0.4, 0.5) is 4.79 Å². The van der Waals surface area contributed by atoms with Crippen molar-refractivity contribution >= 4 is 27.9 Å². The van der Waals surface area contributed by atoms with Crippen LogP contribution in [0.15, 0.2) is 24.3 Å². The number of allylic oxidation sites excluding steroid dienone is 4. The number of carbonyl (C=O) groups is 1. The van der Waals surface area contributed by atoms with E-state index >= 15 is 0 Å². The summed E-state index contributed by atoms with van der Waals surface area (Å²) in [5.74, 6) is 0. The van der Waals surface area contributed by atoms with E-state index in [0.29, 0.717) is 0 Å². The molecule has 0 heterocycles. The average Bonchev–Trinajstić information content (AvgIpc) is 1.82. The van der Waals surface area contributed by atoms with Crippen LogP contribution in [-0.4, -0.2) is 4.70 Å². The van der Waals surface area contributed by atoms with Gasteiger partial charge in [-0.05, 0) is 48.9 Å². The third-order valence-corrected chi connectivity index (χ3v) is 1.37. The fourth-order valence-electron chi connectivity index (χ4n) is 0.874. The summed E-state index contributed by atoms with van der Waals surface area (Å²) in [6.07, 6.45) is 14.0. The Labute approximate surface area is 99.4 Å². The Balaban J connectivity index is 0. The molecular weight excluding hydrogens is 254 g/mol. The van der Waals surface area contributed by atoms with Gasteiger partial charge in [0.15, 0.2) is 0 Å². The minimum atomic E-state index is -0.889. The molecule has 0 aromatic carbocycles. The van der Waals surface area contributed by atoms with Gasteiger partial charge in [-0.1, -0.05) is 24.3 Å². The van der Waals surface area contributed by atoms with Gasteiger partial charge in [0, 0.05) is 16.8 Å². The summed E-state index contributed by atoms with van der Waals surface area (Å²) >= 11 is 8.80. The predicted molar refractivity (Wildman–Crippen MR) is 53.9 cm³/mol. The monoisotopic (exact) mass is 265 g/mol. The van der Waals surface area contributed by atoms with E-state index < -0.39 is 4.70 Å². The average molecular weight is 266 g/mol. The van der Waals surface area contributed by atoms with Crippen molar-refractivity contribution in [3.8, 4) is 0 Å². The summed E-state index contributed by atoms with van der Waals surface area (Å²) in [6, 6.07) is 0. The second-order valence-electron chi connectivity index (χ2n) is 2.37. The molecule has 0 amide bonds. The molecule has 77 valence electrons. The van der Waals surface area contributed by atoms with E-state index in [1.54, 1.807) is 0 Å². The van der Waals surface area contributed by atoms with Crippen molar-refractivity contribution < 1.29 is 21.6 Å². The van der Waals surface area contributed by atoms with Crippen LogP contribution in [0.3, 0.4) is 0 Å². The van der Waals surface area contributed by atoms with Crippen molar-refractivity contribution in [1.82, 2.24) is 0 Å². The van der Waals surface area contributed by atoms with Crippen LogP contribution in [0, 0.1) is 0 Å². The van der Waals surface area contributed by atoms with E-state index in [2.05, 4.69) is 47.5 Å². The van der Waals surface area contributed by atoms with Crippen LogP contribution in [0.25, 0.3) is 0 Å². The van der Waals surface area contributed by atoms with Crippen molar-refractivity contribution in [2.75, 3.05) is 0 Å². The SMILES string of the molecule is C1=CCCCCC=C1.O=C(Cl)Cl.[Co]. The molecule has 0 bridgehead atoms. The molecular formula is C9H12Cl2CoO. The van der Waals surface area contributed by atoms with Gasteiger partial charge < -0.3 is 0 Å². The first-order valence-corrected chi connectivity index (χ1v) is 4.65. The third kappa shape index (κ3) is 18.9. The number of carbonyl (C=O) groups excluding carboxylic acids is 1. The van der Waals surface area contributed by atoms with Crippen molar-refractivity contribution in [2.45, 2.75) is 25.7 Å². The van der Waals surface area contributed by atoms with Crippen molar-refractivity contribution in [1.29, 1.82) is 0 Å². The smallest absolute Gasteiger partial charge is 0.262 e. The van der Waals surface area contributed by atoms with Gasteiger partial charge in [0.25, 0.3) is 0 Å². The van der Waals surface area contributed by atoms with Crippen LogP contribution in [-0.2, 0) is 16.8 Å². The second kappa shape index (κ2) is 12.2. The largest absolute Gasteiger partial charge is 0.313 e. The summed E-state index contributed by atoms with van der Waals surface area (Å²) in [5.41, 5.74) is 0. The molecule has 0 spiro atoms. The maximum atomic E-state index is 8.98. The zero-order valence-corrected chi connectivity index (χ0v) is 9.69. The second-order valence-corrected chi connectivity index (χ2v) is 3.25. The van der Waals surface area contributed by atoms with Crippen LogP contribution >= 0.6 is 23.2 Å². The molecule has 13 heavy (non-hydrogen) atoms. The molecule has 0 aliphatic heterocycles. The topological polar surface area (TPSA) is 17.1 Å². The molecule has 0 saturated heterocycles. The molecule has 0 fully saturated rings.